The first-order valence-corrected chi connectivity index (χ1v) is 10.5. The summed E-state index contributed by atoms with van der Waals surface area (Å²) >= 11 is 9.41. The molecule has 0 N–H and O–H groups in total. The van der Waals surface area contributed by atoms with Crippen molar-refractivity contribution in [1.29, 1.82) is 0 Å². The summed E-state index contributed by atoms with van der Waals surface area (Å²) < 4.78 is 1.45. The minimum Gasteiger partial charge on any atom is -0.850 e. The van der Waals surface area contributed by atoms with E-state index in [1.807, 2.05) is 0 Å². The maximum Gasteiger partial charge on any atom is -0.160 e. The Labute approximate surface area is 131 Å². The first-order chi connectivity index (χ1) is 8.34. The van der Waals surface area contributed by atoms with Gasteiger partial charge in [-0.2, -0.15) is 11.8 Å². The number of hydrogen-bond acceptors (Lipinski definition) is 4. The predicted octanol–water partition coefficient (Wildman–Crippen LogP) is 1.46. The van der Waals surface area contributed by atoms with Crippen LogP contribution in [0.5, 0.6) is 0 Å². The van der Waals surface area contributed by atoms with Crippen LogP contribution in [0.15, 0.2) is 24.3 Å². The van der Waals surface area contributed by atoms with Crippen molar-refractivity contribution in [1.82, 2.24) is 0 Å². The van der Waals surface area contributed by atoms with Gasteiger partial charge in [0.1, 0.15) is 0 Å². The van der Waals surface area contributed by atoms with E-state index in [0.29, 0.717) is 0 Å². The molecular weight excluding hydrogens is 367 g/mol. The maximum absolute atomic E-state index is 9.29. The van der Waals surface area contributed by atoms with Crippen LogP contribution in [0.4, 0.5) is 0 Å². The fraction of sp³-hybridized carbons (Fsp3) is 0.500. The standard InChI is InChI=1S/C12H17.Mo.H3O2PS2/c1-2-3-4-6-9-12-10-7-5-8-11-12;;1-3(2,4)5/h5,7-8,10H,2-4,6,9H2,1H3;;(H3,1,2,4,5)/q;+3;/p-3. The molecule has 0 saturated carbocycles. The van der Waals surface area contributed by atoms with Crippen LogP contribution in [-0.2, 0) is 50.3 Å². The van der Waals surface area contributed by atoms with Gasteiger partial charge >= 0.3 is 92.6 Å². The van der Waals surface area contributed by atoms with Crippen LogP contribution in [0.1, 0.15) is 38.2 Å². The van der Waals surface area contributed by atoms with E-state index in [0.717, 1.165) is 0 Å². The van der Waals surface area contributed by atoms with Crippen LogP contribution in [0.2, 0.25) is 0 Å². The molecule has 1 aromatic carbocycles. The Morgan fingerprint density at radius 3 is 2.28 bits per heavy atom. The normalized spacial score (nSPS) is 10.6. The Bertz CT molecular complexity index is 374. The maximum atomic E-state index is 9.29. The molecule has 0 bridgehead atoms. The summed E-state index contributed by atoms with van der Waals surface area (Å²) in [6, 6.07) is 8.72. The molecule has 0 atom stereocenters. The zero-order valence-electron chi connectivity index (χ0n) is 10.3. The summed E-state index contributed by atoms with van der Waals surface area (Å²) in [5.41, 5.74) is -2.19. The van der Waals surface area contributed by atoms with Crippen LogP contribution in [0, 0.1) is 0 Å². The molecule has 0 heterocycles. The quantitative estimate of drug-likeness (QED) is 0.334. The molecule has 1 aromatic rings. The van der Waals surface area contributed by atoms with Crippen molar-refractivity contribution in [3.05, 3.63) is 29.8 Å². The SMILES string of the molecule is CCCCCCc1cccc[c]1[Mo+3].[O-]P([O-])(=S)[S-]. The third-order valence-corrected chi connectivity index (χ3v) is 3.25. The van der Waals surface area contributed by atoms with E-state index in [2.05, 4.69) is 75.1 Å². The van der Waals surface area contributed by atoms with Crippen LogP contribution < -0.4 is 13.7 Å². The molecule has 0 unspecified atom stereocenters. The smallest absolute Gasteiger partial charge is 0.160 e. The van der Waals surface area contributed by atoms with Gasteiger partial charge in [-0.15, -0.1) is 0 Å². The molecule has 6 heteroatoms. The second kappa shape index (κ2) is 10.6. The summed E-state index contributed by atoms with van der Waals surface area (Å²) in [6.45, 7) is 2.26. The van der Waals surface area contributed by atoms with Gasteiger partial charge in [-0.1, -0.05) is 0 Å². The van der Waals surface area contributed by atoms with Gasteiger partial charge in [0.15, 0.2) is 0 Å². The molecule has 0 aliphatic rings. The van der Waals surface area contributed by atoms with E-state index in [1.165, 1.54) is 41.6 Å². The molecular formula is C12H17MoO2PS2. The molecule has 0 aliphatic carbocycles. The zero-order valence-corrected chi connectivity index (χ0v) is 14.9. The van der Waals surface area contributed by atoms with Crippen molar-refractivity contribution >= 4 is 33.7 Å². The summed E-state index contributed by atoms with van der Waals surface area (Å²) in [7, 11) is 0. The van der Waals surface area contributed by atoms with Crippen molar-refractivity contribution in [3.63, 3.8) is 0 Å². The number of rotatable bonds is 5. The molecule has 0 spiro atoms. The van der Waals surface area contributed by atoms with Crippen LogP contribution in [-0.4, -0.2) is 0 Å². The van der Waals surface area contributed by atoms with Gasteiger partial charge < -0.3 is 27.7 Å². The second-order valence-electron chi connectivity index (χ2n) is 3.87. The van der Waals surface area contributed by atoms with Crippen molar-refractivity contribution in [3.8, 4) is 0 Å². The van der Waals surface area contributed by atoms with E-state index in [-0.39, 0.29) is 0 Å². The zero-order chi connectivity index (χ0) is 14.0. The molecule has 2 nitrogen and oxygen atoms in total. The Morgan fingerprint density at radius 2 is 1.78 bits per heavy atom. The van der Waals surface area contributed by atoms with Gasteiger partial charge in [0.05, 0.1) is 0 Å². The fourth-order valence-corrected chi connectivity index (χ4v) is 2.06. The first-order valence-electron chi connectivity index (χ1n) is 5.82. The van der Waals surface area contributed by atoms with E-state index >= 15 is 0 Å². The van der Waals surface area contributed by atoms with Crippen LogP contribution in [0.25, 0.3) is 0 Å². The van der Waals surface area contributed by atoms with Gasteiger partial charge in [-0.3, -0.25) is 0 Å². The van der Waals surface area contributed by atoms with Gasteiger partial charge in [0.2, 0.25) is 0 Å². The Hall–Kier alpha value is 0.828. The monoisotopic (exact) mass is 386 g/mol. The number of benzene rings is 1. The molecule has 18 heavy (non-hydrogen) atoms. The van der Waals surface area contributed by atoms with E-state index in [1.54, 1.807) is 0 Å². The third-order valence-electron chi connectivity index (χ3n) is 2.27. The van der Waals surface area contributed by atoms with E-state index < -0.39 is 5.69 Å². The minimum atomic E-state index is -3.72. The molecule has 0 radical (unpaired) electrons. The molecule has 100 valence electrons. The molecule has 0 aromatic heterocycles. The average Bonchev–Trinajstić information content (AvgIpc) is 2.24. The topological polar surface area (TPSA) is 46.1 Å². The van der Waals surface area contributed by atoms with Gasteiger partial charge in [0.25, 0.3) is 0 Å². The van der Waals surface area contributed by atoms with Crippen molar-refractivity contribution in [2.75, 3.05) is 0 Å². The van der Waals surface area contributed by atoms with E-state index in [9.17, 15) is 9.79 Å². The van der Waals surface area contributed by atoms with Crippen molar-refractivity contribution in [2.45, 2.75) is 39.0 Å². The Kier molecular flexibility index (Phi) is 11.1. The first kappa shape index (κ1) is 18.8. The molecule has 1 rings (SSSR count). The van der Waals surface area contributed by atoms with Crippen LogP contribution >= 0.6 is 5.69 Å². The molecule has 0 saturated heterocycles. The number of hydrogen-bond donors (Lipinski definition) is 0. The molecule has 0 fully saturated rings. The number of aryl methyl sites for hydroxylation is 1. The van der Waals surface area contributed by atoms with E-state index in [4.69, 9.17) is 0 Å². The molecule has 0 aliphatic heterocycles. The Morgan fingerprint density at radius 1 is 1.22 bits per heavy atom. The fourth-order valence-electron chi connectivity index (χ4n) is 1.45. The molecule has 0 amide bonds. The van der Waals surface area contributed by atoms with Gasteiger partial charge in [0, 0.05) is 0 Å². The third kappa shape index (κ3) is 13.3. The summed E-state index contributed by atoms with van der Waals surface area (Å²) in [6.07, 6.45) is 6.70. The average molecular weight is 384 g/mol. The minimum absolute atomic E-state index is 1.26. The predicted molar refractivity (Wildman–Crippen MR) is 75.6 cm³/mol. The summed E-state index contributed by atoms with van der Waals surface area (Å²) in [4.78, 5) is 18.6. The summed E-state index contributed by atoms with van der Waals surface area (Å²) in [5, 5.41) is 0. The van der Waals surface area contributed by atoms with Gasteiger partial charge in [-0.05, 0) is 0 Å². The largest absolute Gasteiger partial charge is 0.850 e. The van der Waals surface area contributed by atoms with Crippen molar-refractivity contribution < 1.29 is 29.6 Å². The van der Waals surface area contributed by atoms with Gasteiger partial charge in [-0.25, -0.2) is 0 Å². The number of unbranched alkanes of at least 4 members (excludes halogenated alkanes) is 3. The summed E-state index contributed by atoms with van der Waals surface area (Å²) in [5.74, 6) is 0. The Balaban J connectivity index is 0.000000494. The van der Waals surface area contributed by atoms with Crippen molar-refractivity contribution in [2.24, 2.45) is 0 Å². The second-order valence-corrected chi connectivity index (χ2v) is 9.42. The van der Waals surface area contributed by atoms with Crippen LogP contribution in [0.3, 0.4) is 0 Å².